The van der Waals surface area contributed by atoms with Crippen molar-refractivity contribution in [2.75, 3.05) is 5.32 Å². The van der Waals surface area contributed by atoms with Gasteiger partial charge in [-0.3, -0.25) is 10.1 Å². The lowest BCUT2D eigenvalue weighted by molar-refractivity contribution is -0.386. The van der Waals surface area contributed by atoms with Crippen LogP contribution in [0.1, 0.15) is 34.1 Å². The Labute approximate surface area is 132 Å². The summed E-state index contributed by atoms with van der Waals surface area (Å²) in [5.74, 6) is -0.467. The zero-order valence-corrected chi connectivity index (χ0v) is 13.4. The van der Waals surface area contributed by atoms with Gasteiger partial charge in [0.25, 0.3) is 0 Å². The van der Waals surface area contributed by atoms with Crippen LogP contribution in [0.25, 0.3) is 0 Å². The second-order valence-corrected chi connectivity index (χ2v) is 6.68. The minimum Gasteiger partial charge on any atom is -0.427 e. The first-order chi connectivity index (χ1) is 10.5. The maximum Gasteiger partial charge on any atom is 0.387 e. The van der Waals surface area contributed by atoms with E-state index in [2.05, 4.69) is 10.1 Å². The van der Waals surface area contributed by atoms with E-state index in [0.717, 1.165) is 6.07 Å². The van der Waals surface area contributed by atoms with Crippen LogP contribution in [0.3, 0.4) is 0 Å². The van der Waals surface area contributed by atoms with Gasteiger partial charge in [-0.25, -0.2) is 0 Å². The van der Waals surface area contributed by atoms with Gasteiger partial charge in [0.2, 0.25) is 5.75 Å². The number of nitrogens with zero attached hydrogens (tertiary/aromatic N) is 1. The highest BCUT2D eigenvalue weighted by Gasteiger charge is 2.45. The molecule has 0 spiro atoms. The Kier molecular flexibility index (Phi) is 4.48. The molecular weight excluding hydrogens is 310 g/mol. The summed E-state index contributed by atoms with van der Waals surface area (Å²) in [6.07, 6.45) is 0.710. The van der Waals surface area contributed by atoms with Crippen LogP contribution < -0.4 is 10.1 Å². The number of nitro groups is 1. The highest BCUT2D eigenvalue weighted by atomic mass is 19.3. The monoisotopic (exact) mass is 330 g/mol. The molecule has 0 radical (unpaired) electrons. The van der Waals surface area contributed by atoms with E-state index in [9.17, 15) is 18.9 Å². The van der Waals surface area contributed by atoms with E-state index in [4.69, 9.17) is 4.74 Å². The summed E-state index contributed by atoms with van der Waals surface area (Å²) in [5, 5.41) is 14.1. The predicted octanol–water partition coefficient (Wildman–Crippen LogP) is 3.95. The van der Waals surface area contributed by atoms with E-state index in [1.54, 1.807) is 0 Å². The number of rotatable bonds is 5. The minimum atomic E-state index is -3.13. The molecule has 1 unspecified atom stereocenters. The smallest absolute Gasteiger partial charge is 0.387 e. The van der Waals surface area contributed by atoms with Crippen molar-refractivity contribution in [3.63, 3.8) is 0 Å². The van der Waals surface area contributed by atoms with Crippen LogP contribution in [-0.2, 0) is 4.74 Å². The second-order valence-electron chi connectivity index (χ2n) is 6.68. The van der Waals surface area contributed by atoms with Crippen molar-refractivity contribution in [1.29, 1.82) is 0 Å². The van der Waals surface area contributed by atoms with E-state index >= 15 is 0 Å². The summed E-state index contributed by atoms with van der Waals surface area (Å²) in [6.45, 7) is 4.67. The lowest BCUT2D eigenvalue weighted by Crippen LogP contribution is -2.38. The Hall–Kier alpha value is -1.96. The largest absolute Gasteiger partial charge is 0.427 e. The molecule has 23 heavy (non-hydrogen) atoms. The van der Waals surface area contributed by atoms with E-state index in [1.807, 2.05) is 27.7 Å². The molecule has 0 amide bonds. The minimum absolute atomic E-state index is 0.0710. The first-order valence-electron chi connectivity index (χ1n) is 7.20. The molecule has 0 aliphatic carbocycles. The molecule has 128 valence electrons. The number of halogens is 2. The molecule has 1 aliphatic rings. The summed E-state index contributed by atoms with van der Waals surface area (Å²) >= 11 is 0. The van der Waals surface area contributed by atoms with Crippen molar-refractivity contribution in [3.05, 3.63) is 28.3 Å². The number of ether oxygens (including phenoxy) is 2. The van der Waals surface area contributed by atoms with Gasteiger partial charge in [-0.05, 0) is 40.2 Å². The van der Waals surface area contributed by atoms with Crippen LogP contribution in [0.5, 0.6) is 5.75 Å². The number of benzene rings is 1. The molecule has 0 bridgehead atoms. The molecule has 8 heteroatoms. The summed E-state index contributed by atoms with van der Waals surface area (Å²) in [5.41, 5.74) is -0.817. The average molecular weight is 330 g/mol. The zero-order valence-electron chi connectivity index (χ0n) is 13.4. The Balaban J connectivity index is 2.25. The number of anilines is 1. The van der Waals surface area contributed by atoms with Gasteiger partial charge < -0.3 is 14.8 Å². The fourth-order valence-corrected chi connectivity index (χ4v) is 2.93. The summed E-state index contributed by atoms with van der Waals surface area (Å²) in [7, 11) is 0. The summed E-state index contributed by atoms with van der Waals surface area (Å²) in [4.78, 5) is 10.1. The van der Waals surface area contributed by atoms with Gasteiger partial charge in [0.05, 0.1) is 22.2 Å². The lowest BCUT2D eigenvalue weighted by atomic mass is 9.94. The Bertz CT molecular complexity index is 605. The highest BCUT2D eigenvalue weighted by Crippen LogP contribution is 2.40. The van der Waals surface area contributed by atoms with Gasteiger partial charge in [-0.15, -0.1) is 0 Å². The molecule has 1 aromatic carbocycles. The first-order valence-corrected chi connectivity index (χ1v) is 7.20. The van der Waals surface area contributed by atoms with E-state index < -0.39 is 28.6 Å². The molecule has 2 rings (SSSR count). The summed E-state index contributed by atoms with van der Waals surface area (Å²) < 4.78 is 35.1. The third kappa shape index (κ3) is 4.07. The van der Waals surface area contributed by atoms with E-state index in [-0.39, 0.29) is 11.6 Å². The third-order valence-electron chi connectivity index (χ3n) is 3.79. The standard InChI is InChI=1S/C15H20F2N2O4/c1-14(2)8-12(15(3,4)23-14)18-9-5-6-10(19(20)21)11(7-9)22-13(16)17/h5-7,12-13,18H,8H2,1-4H3. The van der Waals surface area contributed by atoms with Crippen LogP contribution in [0.4, 0.5) is 20.2 Å². The van der Waals surface area contributed by atoms with Gasteiger partial charge >= 0.3 is 12.3 Å². The molecule has 1 fully saturated rings. The molecule has 1 aliphatic heterocycles. The van der Waals surface area contributed by atoms with Crippen LogP contribution in [0, 0.1) is 10.1 Å². The Morgan fingerprint density at radius 3 is 2.52 bits per heavy atom. The van der Waals surface area contributed by atoms with E-state index in [1.165, 1.54) is 12.1 Å². The van der Waals surface area contributed by atoms with E-state index in [0.29, 0.717) is 12.1 Å². The average Bonchev–Trinajstić information content (AvgIpc) is 2.55. The van der Waals surface area contributed by atoms with Crippen molar-refractivity contribution >= 4 is 11.4 Å². The van der Waals surface area contributed by atoms with Crippen molar-refractivity contribution in [2.45, 2.75) is 58.0 Å². The van der Waals surface area contributed by atoms with Crippen molar-refractivity contribution in [3.8, 4) is 5.75 Å². The van der Waals surface area contributed by atoms with Gasteiger partial charge in [0.1, 0.15) is 0 Å². The number of hydrogen-bond donors (Lipinski definition) is 1. The number of nitro benzene ring substituents is 1. The van der Waals surface area contributed by atoms with Crippen molar-refractivity contribution < 1.29 is 23.2 Å². The Morgan fingerprint density at radius 2 is 2.04 bits per heavy atom. The second kappa shape index (κ2) is 5.92. The maximum absolute atomic E-state index is 12.4. The van der Waals surface area contributed by atoms with Gasteiger partial charge in [0.15, 0.2) is 0 Å². The molecular formula is C15H20F2N2O4. The van der Waals surface area contributed by atoms with Gasteiger partial charge in [-0.1, -0.05) is 0 Å². The Morgan fingerprint density at radius 1 is 1.39 bits per heavy atom. The third-order valence-corrected chi connectivity index (χ3v) is 3.79. The molecule has 1 heterocycles. The number of alkyl halides is 2. The molecule has 0 aromatic heterocycles. The molecule has 1 N–H and O–H groups in total. The van der Waals surface area contributed by atoms with Crippen LogP contribution >= 0.6 is 0 Å². The van der Waals surface area contributed by atoms with Crippen LogP contribution in [0.2, 0.25) is 0 Å². The fraction of sp³-hybridized carbons (Fsp3) is 0.600. The zero-order chi connectivity index (χ0) is 17.4. The normalized spacial score (nSPS) is 22.1. The topological polar surface area (TPSA) is 73.6 Å². The summed E-state index contributed by atoms with van der Waals surface area (Å²) in [6, 6.07) is 3.76. The molecule has 1 aromatic rings. The molecule has 1 saturated heterocycles. The fourth-order valence-electron chi connectivity index (χ4n) is 2.93. The SMILES string of the molecule is CC1(C)CC(Nc2ccc([N+](=O)[O-])c(OC(F)F)c2)C(C)(C)O1. The van der Waals surface area contributed by atoms with Crippen molar-refractivity contribution in [2.24, 2.45) is 0 Å². The molecule has 6 nitrogen and oxygen atoms in total. The molecule has 0 saturated carbocycles. The van der Waals surface area contributed by atoms with Crippen LogP contribution in [0.15, 0.2) is 18.2 Å². The maximum atomic E-state index is 12.4. The van der Waals surface area contributed by atoms with Gasteiger partial charge in [-0.2, -0.15) is 8.78 Å². The lowest BCUT2D eigenvalue weighted by Gasteiger charge is -2.28. The first kappa shape index (κ1) is 17.4. The van der Waals surface area contributed by atoms with Crippen molar-refractivity contribution in [1.82, 2.24) is 0 Å². The predicted molar refractivity (Wildman–Crippen MR) is 81.0 cm³/mol. The molecule has 1 atom stereocenters. The van der Waals surface area contributed by atoms with Crippen LogP contribution in [-0.4, -0.2) is 28.8 Å². The number of nitrogens with one attached hydrogen (secondary N) is 1. The van der Waals surface area contributed by atoms with Gasteiger partial charge in [0, 0.05) is 17.8 Å². The highest BCUT2D eigenvalue weighted by molar-refractivity contribution is 5.58. The quantitative estimate of drug-likeness (QED) is 0.653. The number of hydrogen-bond acceptors (Lipinski definition) is 5.